The van der Waals surface area contributed by atoms with Gasteiger partial charge < -0.3 is 10.1 Å². The molecule has 1 fully saturated rings. The summed E-state index contributed by atoms with van der Waals surface area (Å²) in [4.78, 5) is 12.0. The van der Waals surface area contributed by atoms with Crippen LogP contribution in [-0.4, -0.2) is 31.1 Å². The van der Waals surface area contributed by atoms with Gasteiger partial charge in [-0.25, -0.2) is 4.39 Å². The number of benzene rings is 1. The second-order valence-electron chi connectivity index (χ2n) is 5.84. The number of carbonyl (C=O) groups excluding carboxylic acids is 1. The molecule has 1 aliphatic rings. The first kappa shape index (κ1) is 18.0. The predicted octanol–water partition coefficient (Wildman–Crippen LogP) is 2.26. The van der Waals surface area contributed by atoms with Crippen molar-refractivity contribution >= 4 is 17.5 Å². The minimum atomic E-state index is -0.688. The standard InChI is InChI=1S/C16H23ClFN3O2/c1-10-12(9-20-21-10)4-3-7-19-16(22)11(2)23-15-6-5-13(18)8-14(15)17/h5-6,8,10-12,20-21H,3-4,7,9H2,1-2H3,(H,19,22). The lowest BCUT2D eigenvalue weighted by atomic mass is 9.98. The van der Waals surface area contributed by atoms with Gasteiger partial charge in [-0.2, -0.15) is 0 Å². The summed E-state index contributed by atoms with van der Waals surface area (Å²) >= 11 is 5.88. The number of hydrogen-bond donors (Lipinski definition) is 3. The van der Waals surface area contributed by atoms with Crippen molar-refractivity contribution in [2.24, 2.45) is 5.92 Å². The fraction of sp³-hybridized carbons (Fsp3) is 0.562. The first-order valence-electron chi connectivity index (χ1n) is 7.85. The molecule has 0 bridgehead atoms. The first-order valence-corrected chi connectivity index (χ1v) is 8.23. The van der Waals surface area contributed by atoms with Crippen LogP contribution in [0.25, 0.3) is 0 Å². The van der Waals surface area contributed by atoms with Gasteiger partial charge in [-0.05, 0) is 50.8 Å². The predicted molar refractivity (Wildman–Crippen MR) is 87.8 cm³/mol. The Morgan fingerprint density at radius 2 is 2.35 bits per heavy atom. The van der Waals surface area contributed by atoms with Crippen LogP contribution in [0.4, 0.5) is 4.39 Å². The summed E-state index contributed by atoms with van der Waals surface area (Å²) in [6, 6.07) is 4.28. The van der Waals surface area contributed by atoms with Gasteiger partial charge in [0.2, 0.25) is 0 Å². The third kappa shape index (κ3) is 5.34. The molecule has 0 aromatic heterocycles. The first-order chi connectivity index (χ1) is 11.0. The SMILES string of the molecule is CC(Oc1ccc(F)cc1Cl)C(=O)NCCCC1CNNC1C. The average Bonchev–Trinajstić information content (AvgIpc) is 2.91. The maximum absolute atomic E-state index is 13.0. The van der Waals surface area contributed by atoms with Crippen LogP contribution in [0.3, 0.4) is 0 Å². The van der Waals surface area contributed by atoms with Crippen molar-refractivity contribution in [1.29, 1.82) is 0 Å². The van der Waals surface area contributed by atoms with Gasteiger partial charge in [0.25, 0.3) is 5.91 Å². The Kier molecular flexibility index (Phi) is 6.62. The fourth-order valence-corrected chi connectivity index (χ4v) is 2.74. The summed E-state index contributed by atoms with van der Waals surface area (Å²) in [5, 5.41) is 3.00. The zero-order chi connectivity index (χ0) is 16.8. The van der Waals surface area contributed by atoms with Gasteiger partial charge in [0.05, 0.1) is 5.02 Å². The Morgan fingerprint density at radius 1 is 1.57 bits per heavy atom. The molecule has 1 amide bonds. The molecule has 1 saturated heterocycles. The second kappa shape index (κ2) is 8.47. The summed E-state index contributed by atoms with van der Waals surface area (Å²) in [5.41, 5.74) is 6.31. The summed E-state index contributed by atoms with van der Waals surface area (Å²) in [7, 11) is 0. The summed E-state index contributed by atoms with van der Waals surface area (Å²) in [6.07, 6.45) is 1.26. The molecule has 0 aliphatic carbocycles. The minimum Gasteiger partial charge on any atom is -0.479 e. The zero-order valence-electron chi connectivity index (χ0n) is 13.4. The molecule has 0 radical (unpaired) electrons. The van der Waals surface area contributed by atoms with Gasteiger partial charge in [-0.1, -0.05) is 11.6 Å². The molecule has 3 unspecified atom stereocenters. The van der Waals surface area contributed by atoms with E-state index in [9.17, 15) is 9.18 Å². The number of halogens is 2. The van der Waals surface area contributed by atoms with Crippen molar-refractivity contribution in [3.8, 4) is 5.75 Å². The summed E-state index contributed by atoms with van der Waals surface area (Å²) in [6.45, 7) is 5.35. The molecule has 5 nitrogen and oxygen atoms in total. The Hall–Kier alpha value is -1.37. The molecule has 3 atom stereocenters. The van der Waals surface area contributed by atoms with Crippen molar-refractivity contribution in [1.82, 2.24) is 16.2 Å². The molecule has 3 N–H and O–H groups in total. The van der Waals surface area contributed by atoms with Gasteiger partial charge in [-0.15, -0.1) is 0 Å². The normalized spacial score (nSPS) is 21.9. The molecular weight excluding hydrogens is 321 g/mol. The van der Waals surface area contributed by atoms with Crippen LogP contribution in [-0.2, 0) is 4.79 Å². The number of hydrazine groups is 1. The van der Waals surface area contributed by atoms with Crippen molar-refractivity contribution in [2.75, 3.05) is 13.1 Å². The number of carbonyl (C=O) groups is 1. The number of amides is 1. The van der Waals surface area contributed by atoms with E-state index in [2.05, 4.69) is 23.1 Å². The monoisotopic (exact) mass is 343 g/mol. The highest BCUT2D eigenvalue weighted by Crippen LogP contribution is 2.25. The van der Waals surface area contributed by atoms with E-state index in [0.717, 1.165) is 25.5 Å². The second-order valence-corrected chi connectivity index (χ2v) is 6.25. The topological polar surface area (TPSA) is 62.4 Å². The molecule has 23 heavy (non-hydrogen) atoms. The summed E-state index contributed by atoms with van der Waals surface area (Å²) < 4.78 is 18.5. The van der Waals surface area contributed by atoms with Gasteiger partial charge >= 0.3 is 0 Å². The third-order valence-corrected chi connectivity index (χ3v) is 4.31. The average molecular weight is 344 g/mol. The smallest absolute Gasteiger partial charge is 0.260 e. The largest absolute Gasteiger partial charge is 0.479 e. The van der Waals surface area contributed by atoms with Crippen molar-refractivity contribution < 1.29 is 13.9 Å². The quantitative estimate of drug-likeness (QED) is 0.665. The van der Waals surface area contributed by atoms with E-state index in [1.807, 2.05) is 0 Å². The number of nitrogens with one attached hydrogen (secondary N) is 3. The minimum absolute atomic E-state index is 0.153. The van der Waals surface area contributed by atoms with Crippen LogP contribution >= 0.6 is 11.6 Å². The van der Waals surface area contributed by atoms with Crippen LogP contribution in [0, 0.1) is 11.7 Å². The molecule has 1 aromatic rings. The van der Waals surface area contributed by atoms with Crippen LogP contribution in [0.15, 0.2) is 18.2 Å². The lowest BCUT2D eigenvalue weighted by Gasteiger charge is -2.17. The highest BCUT2D eigenvalue weighted by molar-refractivity contribution is 6.32. The Labute approximate surface area is 140 Å². The van der Waals surface area contributed by atoms with Crippen molar-refractivity contribution in [3.05, 3.63) is 29.0 Å². The molecule has 1 heterocycles. The lowest BCUT2D eigenvalue weighted by molar-refractivity contribution is -0.127. The lowest BCUT2D eigenvalue weighted by Crippen LogP contribution is -2.37. The van der Waals surface area contributed by atoms with Gasteiger partial charge in [0.1, 0.15) is 11.6 Å². The Bertz CT molecular complexity index is 544. The maximum atomic E-state index is 13.0. The number of ether oxygens (including phenoxy) is 1. The zero-order valence-corrected chi connectivity index (χ0v) is 14.1. The molecule has 1 aromatic carbocycles. The van der Waals surface area contributed by atoms with Gasteiger partial charge in [0.15, 0.2) is 6.10 Å². The molecule has 0 spiro atoms. The van der Waals surface area contributed by atoms with E-state index < -0.39 is 11.9 Å². The molecule has 0 saturated carbocycles. The van der Waals surface area contributed by atoms with Crippen molar-refractivity contribution in [3.63, 3.8) is 0 Å². The molecule has 1 aliphatic heterocycles. The fourth-order valence-electron chi connectivity index (χ4n) is 2.53. The van der Waals surface area contributed by atoms with E-state index in [1.54, 1.807) is 6.92 Å². The van der Waals surface area contributed by atoms with E-state index in [0.29, 0.717) is 24.3 Å². The maximum Gasteiger partial charge on any atom is 0.260 e. The van der Waals surface area contributed by atoms with Crippen LogP contribution < -0.4 is 20.9 Å². The highest BCUT2D eigenvalue weighted by Gasteiger charge is 2.22. The number of hydrogen-bond acceptors (Lipinski definition) is 4. The summed E-state index contributed by atoms with van der Waals surface area (Å²) in [5.74, 6) is 0.233. The van der Waals surface area contributed by atoms with E-state index in [1.165, 1.54) is 12.1 Å². The van der Waals surface area contributed by atoms with Crippen LogP contribution in [0.1, 0.15) is 26.7 Å². The Morgan fingerprint density at radius 3 is 3.00 bits per heavy atom. The highest BCUT2D eigenvalue weighted by atomic mass is 35.5. The van der Waals surface area contributed by atoms with E-state index in [-0.39, 0.29) is 10.9 Å². The third-order valence-electron chi connectivity index (χ3n) is 4.02. The molecule has 2 rings (SSSR count). The van der Waals surface area contributed by atoms with Crippen LogP contribution in [0.2, 0.25) is 5.02 Å². The molecule has 128 valence electrons. The van der Waals surface area contributed by atoms with E-state index >= 15 is 0 Å². The molecule has 7 heteroatoms. The van der Waals surface area contributed by atoms with Gasteiger partial charge in [-0.3, -0.25) is 15.6 Å². The van der Waals surface area contributed by atoms with Gasteiger partial charge in [0, 0.05) is 19.1 Å². The van der Waals surface area contributed by atoms with E-state index in [4.69, 9.17) is 16.3 Å². The molecular formula is C16H23ClFN3O2. The van der Waals surface area contributed by atoms with Crippen molar-refractivity contribution in [2.45, 2.75) is 38.8 Å². The Balaban J connectivity index is 1.70. The van der Waals surface area contributed by atoms with Crippen LogP contribution in [0.5, 0.6) is 5.75 Å². The number of rotatable bonds is 7.